The summed E-state index contributed by atoms with van der Waals surface area (Å²) in [6.07, 6.45) is 0. The summed E-state index contributed by atoms with van der Waals surface area (Å²) in [6.45, 7) is 0.0369. The Bertz CT molecular complexity index is 250. The fraction of sp³-hybridized carbons (Fsp3) is 1.00. The largest absolute Gasteiger partial charge is 0.368 e. The predicted molar refractivity (Wildman–Crippen MR) is 31.4 cm³/mol. The van der Waals surface area contributed by atoms with Crippen LogP contribution in [0.4, 0.5) is 8.78 Å². The Kier molecular flexibility index (Phi) is 3.06. The maximum Gasteiger partial charge on any atom is 0.368 e. The quantitative estimate of drug-likeness (QED) is 0.667. The molecule has 0 aromatic heterocycles. The highest BCUT2D eigenvalue weighted by molar-refractivity contribution is 7.95. The van der Waals surface area contributed by atoms with Gasteiger partial charge in [-0.05, 0) is 0 Å². The van der Waals surface area contributed by atoms with Gasteiger partial charge in [-0.15, -0.1) is 3.63 Å². The smallest absolute Gasteiger partial charge is 0.283 e. The van der Waals surface area contributed by atoms with Gasteiger partial charge < -0.3 is 0 Å². The van der Waals surface area contributed by atoms with Crippen molar-refractivity contribution in [2.45, 2.75) is 12.2 Å². The summed E-state index contributed by atoms with van der Waals surface area (Å²) >= 11 is -3.25. The van der Waals surface area contributed by atoms with E-state index in [1.807, 2.05) is 0 Å². The molecular formula is C2H4F2O5S2. The first-order valence-corrected chi connectivity index (χ1v) is 4.54. The Balaban J connectivity index is 4.64. The van der Waals surface area contributed by atoms with Crippen LogP contribution in [0.3, 0.4) is 0 Å². The third-order valence-corrected chi connectivity index (χ3v) is 2.65. The van der Waals surface area contributed by atoms with Crippen molar-refractivity contribution in [2.24, 2.45) is 0 Å². The van der Waals surface area contributed by atoms with Gasteiger partial charge in [0.05, 0.1) is 0 Å². The van der Waals surface area contributed by atoms with E-state index in [1.54, 1.807) is 0 Å². The Labute approximate surface area is 64.0 Å². The van der Waals surface area contributed by atoms with Crippen LogP contribution in [0.2, 0.25) is 0 Å². The lowest BCUT2D eigenvalue weighted by molar-refractivity contribution is 0.104. The van der Waals surface area contributed by atoms with E-state index < -0.39 is 26.7 Å². The molecule has 5 nitrogen and oxygen atoms in total. The second-order valence-corrected chi connectivity index (χ2v) is 4.15. The summed E-state index contributed by atoms with van der Waals surface area (Å²) < 4.78 is 64.6. The standard InChI is InChI=1S/C2H4F2O5S2/c1-2(3,4)11(7,8)9-10(5)6/h1H3,(H,5,6). The molecule has 1 unspecified atom stereocenters. The molecule has 0 aliphatic rings. The van der Waals surface area contributed by atoms with E-state index in [0.29, 0.717) is 0 Å². The molecule has 0 fully saturated rings. The molecule has 68 valence electrons. The molecule has 1 N–H and O–H groups in total. The van der Waals surface area contributed by atoms with Crippen molar-refractivity contribution in [1.29, 1.82) is 0 Å². The Morgan fingerprint density at radius 2 is 1.91 bits per heavy atom. The van der Waals surface area contributed by atoms with Gasteiger partial charge >= 0.3 is 26.7 Å². The van der Waals surface area contributed by atoms with Gasteiger partial charge in [0.15, 0.2) is 0 Å². The van der Waals surface area contributed by atoms with E-state index in [0.717, 1.165) is 0 Å². The van der Waals surface area contributed by atoms with E-state index in [2.05, 4.69) is 3.63 Å². The first kappa shape index (κ1) is 10.9. The molecule has 0 spiro atoms. The zero-order valence-corrected chi connectivity index (χ0v) is 6.79. The zero-order chi connectivity index (χ0) is 9.28. The highest BCUT2D eigenvalue weighted by Crippen LogP contribution is 2.22. The number of alkyl halides is 2. The van der Waals surface area contributed by atoms with Crippen molar-refractivity contribution in [3.63, 3.8) is 0 Å². The lowest BCUT2D eigenvalue weighted by Gasteiger charge is -2.07. The van der Waals surface area contributed by atoms with Crippen LogP contribution in [0.15, 0.2) is 0 Å². The second-order valence-electron chi connectivity index (χ2n) is 1.55. The van der Waals surface area contributed by atoms with Crippen molar-refractivity contribution in [3.8, 4) is 0 Å². The lowest BCUT2D eigenvalue weighted by Crippen LogP contribution is -2.27. The summed E-state index contributed by atoms with van der Waals surface area (Å²) in [5.41, 5.74) is 0. The molecule has 0 radical (unpaired) electrons. The van der Waals surface area contributed by atoms with Crippen molar-refractivity contribution < 1.29 is 29.6 Å². The molecule has 0 saturated carbocycles. The molecule has 0 aliphatic heterocycles. The fourth-order valence-electron chi connectivity index (χ4n) is 0.136. The third kappa shape index (κ3) is 3.18. The van der Waals surface area contributed by atoms with Crippen molar-refractivity contribution in [2.75, 3.05) is 0 Å². The number of hydrogen-bond donors (Lipinski definition) is 1. The monoisotopic (exact) mass is 210 g/mol. The fourth-order valence-corrected chi connectivity index (χ4v) is 1.23. The van der Waals surface area contributed by atoms with Crippen molar-refractivity contribution >= 4 is 21.5 Å². The van der Waals surface area contributed by atoms with Crippen LogP contribution < -0.4 is 0 Å². The van der Waals surface area contributed by atoms with Gasteiger partial charge in [0.25, 0.3) is 0 Å². The minimum absolute atomic E-state index is 0.0369. The summed E-state index contributed by atoms with van der Waals surface area (Å²) in [4.78, 5) is 0. The Morgan fingerprint density at radius 3 is 2.00 bits per heavy atom. The van der Waals surface area contributed by atoms with E-state index in [-0.39, 0.29) is 6.92 Å². The first-order valence-electron chi connectivity index (χ1n) is 2.10. The van der Waals surface area contributed by atoms with E-state index in [1.165, 1.54) is 0 Å². The van der Waals surface area contributed by atoms with E-state index in [4.69, 9.17) is 4.55 Å². The topological polar surface area (TPSA) is 80.7 Å². The van der Waals surface area contributed by atoms with Crippen LogP contribution in [0.5, 0.6) is 0 Å². The molecule has 0 aliphatic carbocycles. The highest BCUT2D eigenvalue weighted by Gasteiger charge is 2.42. The lowest BCUT2D eigenvalue weighted by atomic mass is 10.9. The molecule has 0 rings (SSSR count). The summed E-state index contributed by atoms with van der Waals surface area (Å²) in [7, 11) is -5.28. The molecule has 0 heterocycles. The predicted octanol–water partition coefficient (Wildman–Crippen LogP) is 0.0822. The molecule has 0 amide bonds. The van der Waals surface area contributed by atoms with Crippen LogP contribution in [0.25, 0.3) is 0 Å². The molecule has 11 heavy (non-hydrogen) atoms. The molecule has 0 aromatic carbocycles. The second kappa shape index (κ2) is 3.09. The molecular weight excluding hydrogens is 206 g/mol. The normalized spacial score (nSPS) is 16.4. The summed E-state index contributed by atoms with van der Waals surface area (Å²) in [5, 5.41) is -4.18. The van der Waals surface area contributed by atoms with Gasteiger partial charge in [0.1, 0.15) is 0 Å². The van der Waals surface area contributed by atoms with Crippen LogP contribution >= 0.6 is 0 Å². The molecule has 0 aromatic rings. The van der Waals surface area contributed by atoms with E-state index in [9.17, 15) is 21.4 Å². The average molecular weight is 210 g/mol. The molecule has 0 bridgehead atoms. The summed E-state index contributed by atoms with van der Waals surface area (Å²) in [6, 6.07) is 0. The first-order chi connectivity index (χ1) is 4.67. The number of halogens is 2. The minimum atomic E-state index is -5.28. The van der Waals surface area contributed by atoms with Crippen LogP contribution in [0, 0.1) is 0 Å². The van der Waals surface area contributed by atoms with Crippen molar-refractivity contribution in [3.05, 3.63) is 0 Å². The maximum absolute atomic E-state index is 11.9. The van der Waals surface area contributed by atoms with Gasteiger partial charge in [-0.1, -0.05) is 0 Å². The SMILES string of the molecule is CC(F)(F)S(=O)(=O)OS(=O)O. The molecule has 9 heteroatoms. The van der Waals surface area contributed by atoms with Gasteiger partial charge in [-0.3, -0.25) is 4.55 Å². The Hall–Kier alpha value is -0.120. The Morgan fingerprint density at radius 1 is 1.55 bits per heavy atom. The van der Waals surface area contributed by atoms with E-state index >= 15 is 0 Å². The number of hydrogen-bond acceptors (Lipinski definition) is 4. The summed E-state index contributed by atoms with van der Waals surface area (Å²) in [5.74, 6) is 0. The van der Waals surface area contributed by atoms with Crippen LogP contribution in [-0.2, 0) is 25.1 Å². The van der Waals surface area contributed by atoms with Gasteiger partial charge in [0.2, 0.25) is 0 Å². The number of rotatable bonds is 3. The van der Waals surface area contributed by atoms with Crippen molar-refractivity contribution in [1.82, 2.24) is 0 Å². The molecule has 1 atom stereocenters. The minimum Gasteiger partial charge on any atom is -0.283 e. The van der Waals surface area contributed by atoms with Crippen LogP contribution in [0.1, 0.15) is 6.92 Å². The maximum atomic E-state index is 11.9. The third-order valence-electron chi connectivity index (χ3n) is 0.587. The van der Waals surface area contributed by atoms with Gasteiger partial charge in [0, 0.05) is 6.92 Å². The average Bonchev–Trinajstić information content (AvgIpc) is 1.56. The zero-order valence-electron chi connectivity index (χ0n) is 5.15. The van der Waals surface area contributed by atoms with Gasteiger partial charge in [-0.25, -0.2) is 0 Å². The van der Waals surface area contributed by atoms with Crippen LogP contribution in [-0.4, -0.2) is 22.4 Å². The molecule has 0 saturated heterocycles. The highest BCUT2D eigenvalue weighted by atomic mass is 32.3. The van der Waals surface area contributed by atoms with Gasteiger partial charge in [-0.2, -0.15) is 21.4 Å².